The van der Waals surface area contributed by atoms with Crippen LogP contribution in [0, 0.1) is 0 Å². The van der Waals surface area contributed by atoms with E-state index in [2.05, 4.69) is 0 Å². The van der Waals surface area contributed by atoms with Crippen LogP contribution in [0.5, 0.6) is 0 Å². The highest BCUT2D eigenvalue weighted by Gasteiger charge is 2.00. The summed E-state index contributed by atoms with van der Waals surface area (Å²) in [5, 5.41) is 68.5. The summed E-state index contributed by atoms with van der Waals surface area (Å²) in [4.78, 5) is 1.79. The molecule has 18 heavy (non-hydrogen) atoms. The number of hydrogen-bond donors (Lipinski definition) is 9. The monoisotopic (exact) mass is 273 g/mol. The van der Waals surface area contributed by atoms with Crippen molar-refractivity contribution in [3.8, 4) is 0 Å². The molecule has 110 valence electrons. The van der Waals surface area contributed by atoms with E-state index in [1.54, 1.807) is 4.90 Å². The summed E-state index contributed by atoms with van der Waals surface area (Å²) < 4.78 is 0. The summed E-state index contributed by atoms with van der Waals surface area (Å²) in [6.45, 7) is 1.75. The first-order valence-corrected chi connectivity index (χ1v) is 4.95. The summed E-state index contributed by atoms with van der Waals surface area (Å²) in [7, 11) is -4.33. The lowest BCUT2D eigenvalue weighted by atomic mass is 10.3. The van der Waals surface area contributed by atoms with Crippen LogP contribution in [0.2, 0.25) is 0 Å². The van der Waals surface area contributed by atoms with Crippen molar-refractivity contribution in [2.75, 3.05) is 39.5 Å². The normalized spacial score (nSPS) is 9.00. The van der Waals surface area contributed by atoms with Crippen LogP contribution in [-0.2, 0) is 0 Å². The van der Waals surface area contributed by atoms with E-state index in [4.69, 9.17) is 45.5 Å². The van der Waals surface area contributed by atoms with Crippen LogP contribution in [-0.4, -0.2) is 104 Å². The minimum atomic E-state index is -2.17. The Kier molecular flexibility index (Phi) is 24.2. The van der Waals surface area contributed by atoms with Crippen LogP contribution in [0.15, 0.2) is 0 Å². The van der Waals surface area contributed by atoms with Crippen molar-refractivity contribution >= 4 is 14.6 Å². The van der Waals surface area contributed by atoms with E-state index >= 15 is 0 Å². The van der Waals surface area contributed by atoms with Gasteiger partial charge in [0.1, 0.15) is 0 Å². The van der Waals surface area contributed by atoms with Crippen molar-refractivity contribution in [3.05, 3.63) is 0 Å². The molecule has 0 spiro atoms. The van der Waals surface area contributed by atoms with Gasteiger partial charge < -0.3 is 45.5 Å². The van der Waals surface area contributed by atoms with Crippen LogP contribution < -0.4 is 0 Å². The Morgan fingerprint density at radius 1 is 0.556 bits per heavy atom. The molecule has 0 aliphatic heterocycles. The van der Waals surface area contributed by atoms with Gasteiger partial charge in [0.15, 0.2) is 0 Å². The van der Waals surface area contributed by atoms with E-state index in [0.29, 0.717) is 19.6 Å². The van der Waals surface area contributed by atoms with Crippen molar-refractivity contribution in [2.24, 2.45) is 0 Å². The maximum Gasteiger partial charge on any atom is 0.631 e. The van der Waals surface area contributed by atoms with Crippen molar-refractivity contribution in [2.45, 2.75) is 0 Å². The largest absolute Gasteiger partial charge is 0.631 e. The molecule has 9 N–H and O–H groups in total. The molecule has 0 fully saturated rings. The first kappa shape index (κ1) is 22.9. The number of nitrogens with zero attached hydrogens (tertiary/aromatic N) is 1. The quantitative estimate of drug-likeness (QED) is 0.211. The van der Waals surface area contributed by atoms with Crippen molar-refractivity contribution < 1.29 is 45.5 Å². The number of hydrogen-bond acceptors (Lipinski definition) is 10. The van der Waals surface area contributed by atoms with Gasteiger partial charge in [-0.25, -0.2) is 0 Å². The molecule has 0 aliphatic carbocycles. The van der Waals surface area contributed by atoms with Gasteiger partial charge in [0.05, 0.1) is 19.8 Å². The molecule has 12 heteroatoms. The highest BCUT2D eigenvalue weighted by Crippen LogP contribution is 1.84. The molecule has 0 aromatic carbocycles. The van der Waals surface area contributed by atoms with Gasteiger partial charge in [0.25, 0.3) is 0 Å². The summed E-state index contributed by atoms with van der Waals surface area (Å²) >= 11 is 0. The number of rotatable bonds is 6. The van der Waals surface area contributed by atoms with E-state index in [0.717, 1.165) is 0 Å². The van der Waals surface area contributed by atoms with E-state index in [-0.39, 0.29) is 19.8 Å². The number of aliphatic hydroxyl groups excluding tert-OH is 3. The molecule has 10 nitrogen and oxygen atoms in total. The Bertz CT molecular complexity index is 116. The van der Waals surface area contributed by atoms with E-state index in [9.17, 15) is 0 Å². The zero-order chi connectivity index (χ0) is 15.0. The molecule has 0 saturated heterocycles. The lowest BCUT2D eigenvalue weighted by Gasteiger charge is -2.17. The second-order valence-corrected chi connectivity index (χ2v) is 2.71. The Morgan fingerprint density at radius 2 is 0.722 bits per heavy atom. The fraction of sp³-hybridized carbons (Fsp3) is 1.00. The molecule has 0 amide bonds. The smallest absolute Gasteiger partial charge is 0.402 e. The van der Waals surface area contributed by atoms with Gasteiger partial charge in [-0.3, -0.25) is 4.90 Å². The van der Waals surface area contributed by atoms with Crippen LogP contribution in [0.3, 0.4) is 0 Å². The van der Waals surface area contributed by atoms with Crippen LogP contribution in [0.4, 0.5) is 0 Å². The zero-order valence-corrected chi connectivity index (χ0v) is 9.87. The van der Waals surface area contributed by atoms with Crippen LogP contribution in [0.25, 0.3) is 0 Å². The van der Waals surface area contributed by atoms with Crippen molar-refractivity contribution in [1.82, 2.24) is 4.90 Å². The maximum atomic E-state index is 8.48. The highest BCUT2D eigenvalue weighted by molar-refractivity contribution is 6.30. The van der Waals surface area contributed by atoms with Gasteiger partial charge in [0, 0.05) is 19.6 Å². The first-order chi connectivity index (χ1) is 8.31. The van der Waals surface area contributed by atoms with Gasteiger partial charge in [-0.05, 0) is 0 Å². The molecule has 0 bridgehead atoms. The highest BCUT2D eigenvalue weighted by atomic mass is 16.5. The van der Waals surface area contributed by atoms with Gasteiger partial charge in [-0.1, -0.05) is 0 Å². The number of aliphatic hydroxyl groups is 3. The minimum absolute atomic E-state index is 0.0694. The summed E-state index contributed by atoms with van der Waals surface area (Å²) in [5.74, 6) is 0. The lowest BCUT2D eigenvalue weighted by Crippen LogP contribution is -2.32. The molecule has 0 aromatic heterocycles. The molecule has 0 aliphatic rings. The molecular weight excluding hydrogens is 252 g/mol. The fourth-order valence-electron chi connectivity index (χ4n) is 0.760. The lowest BCUT2D eigenvalue weighted by molar-refractivity contribution is 0.136. The topological polar surface area (TPSA) is 185 Å². The van der Waals surface area contributed by atoms with Gasteiger partial charge in [-0.15, -0.1) is 0 Å². The van der Waals surface area contributed by atoms with Crippen molar-refractivity contribution in [3.63, 3.8) is 0 Å². The average molecular weight is 273 g/mol. The zero-order valence-electron chi connectivity index (χ0n) is 9.87. The maximum absolute atomic E-state index is 8.48. The Hall–Kier alpha value is -0.270. The molecule has 0 rings (SSSR count). The van der Waals surface area contributed by atoms with Crippen LogP contribution >= 0.6 is 0 Å². The molecule has 0 unspecified atom stereocenters. The van der Waals surface area contributed by atoms with Crippen LogP contribution in [0.1, 0.15) is 0 Å². The summed E-state index contributed by atoms with van der Waals surface area (Å²) in [5.41, 5.74) is 0. The first-order valence-electron chi connectivity index (χ1n) is 4.95. The predicted octanol–water partition coefficient (Wildman–Crippen LogP) is -5.84. The third-order valence-corrected chi connectivity index (χ3v) is 1.25. The third kappa shape index (κ3) is 44.8. The Labute approximate surface area is 105 Å². The van der Waals surface area contributed by atoms with E-state index < -0.39 is 14.6 Å². The molecular formula is C6H21B2NO9. The minimum Gasteiger partial charge on any atom is -0.402 e. The standard InChI is InChI=1S/C6H15NO3.2BH3O3/c8-4-1-7(2-5-9)3-6-10;2*2-1(3)4/h8-10H,1-6H2;2*2-4H. The van der Waals surface area contributed by atoms with E-state index in [1.807, 2.05) is 0 Å². The molecule has 0 aromatic rings. The Morgan fingerprint density at radius 3 is 0.833 bits per heavy atom. The van der Waals surface area contributed by atoms with E-state index in [1.165, 1.54) is 0 Å². The second-order valence-electron chi connectivity index (χ2n) is 2.71. The summed E-state index contributed by atoms with van der Waals surface area (Å²) in [6.07, 6.45) is 0. The van der Waals surface area contributed by atoms with Crippen molar-refractivity contribution in [1.29, 1.82) is 0 Å². The molecule has 0 atom stereocenters. The van der Waals surface area contributed by atoms with Gasteiger partial charge in [0.2, 0.25) is 0 Å². The molecule has 0 heterocycles. The fourth-order valence-corrected chi connectivity index (χ4v) is 0.760. The molecule has 0 saturated carbocycles. The summed E-state index contributed by atoms with van der Waals surface area (Å²) in [6, 6.07) is 0. The second kappa shape index (κ2) is 19.1. The average Bonchev–Trinajstić information content (AvgIpc) is 2.17. The third-order valence-electron chi connectivity index (χ3n) is 1.25. The Balaban J connectivity index is -0.000000233. The SMILES string of the molecule is OB(O)O.OB(O)O.OCCN(CCO)CCO. The van der Waals surface area contributed by atoms with Gasteiger partial charge >= 0.3 is 14.6 Å². The van der Waals surface area contributed by atoms with Gasteiger partial charge in [-0.2, -0.15) is 0 Å². The molecule has 0 radical (unpaired) electrons. The predicted molar refractivity (Wildman–Crippen MR) is 62.5 cm³/mol.